The van der Waals surface area contributed by atoms with Crippen molar-refractivity contribution in [3.8, 4) is 11.5 Å². The number of rotatable bonds is 8. The van der Waals surface area contributed by atoms with Crippen LogP contribution in [0.25, 0.3) is 0 Å². The van der Waals surface area contributed by atoms with E-state index in [-0.39, 0.29) is 5.75 Å². The number of guanidine groups is 1. The highest BCUT2D eigenvalue weighted by Gasteiger charge is 2.24. The maximum Gasteiger partial charge on any atom is 0.193 e. The molecule has 1 aliphatic rings. The smallest absolute Gasteiger partial charge is 0.193 e. The average molecular weight is 349 g/mol. The predicted octanol–water partition coefficient (Wildman–Crippen LogP) is 2.27. The molecule has 6 nitrogen and oxygen atoms in total. The van der Waals surface area contributed by atoms with Crippen molar-refractivity contribution in [3.63, 3.8) is 0 Å². The lowest BCUT2D eigenvalue weighted by molar-refractivity contribution is 0.114. The van der Waals surface area contributed by atoms with Crippen molar-refractivity contribution in [2.24, 2.45) is 10.9 Å². The standard InChI is InChI=1S/C19H31N3O3/c1-4-20-19(22-11-9-16(13-22)14-25-5-2)21-10-8-15-6-7-17(23)18(12-15)24-3/h6-7,12,16,23H,4-5,8-11,13-14H2,1-3H3,(H,20,21). The summed E-state index contributed by atoms with van der Waals surface area (Å²) >= 11 is 0. The number of hydrogen-bond acceptors (Lipinski definition) is 4. The molecule has 0 amide bonds. The highest BCUT2D eigenvalue weighted by atomic mass is 16.5. The van der Waals surface area contributed by atoms with Crippen LogP contribution in [0.3, 0.4) is 0 Å². The van der Waals surface area contributed by atoms with Crippen LogP contribution in [0, 0.1) is 5.92 Å². The third-order valence-electron chi connectivity index (χ3n) is 4.38. The first kappa shape index (κ1) is 19.4. The Bertz CT molecular complexity index is 563. The molecule has 25 heavy (non-hydrogen) atoms. The van der Waals surface area contributed by atoms with Gasteiger partial charge >= 0.3 is 0 Å². The number of phenols is 1. The summed E-state index contributed by atoms with van der Waals surface area (Å²) < 4.78 is 10.7. The summed E-state index contributed by atoms with van der Waals surface area (Å²) in [5.41, 5.74) is 1.10. The van der Waals surface area contributed by atoms with Gasteiger partial charge in [-0.05, 0) is 44.4 Å². The van der Waals surface area contributed by atoms with Gasteiger partial charge in [-0.25, -0.2) is 0 Å². The van der Waals surface area contributed by atoms with Crippen LogP contribution in [-0.4, -0.2) is 62.5 Å². The normalized spacial score (nSPS) is 17.8. The third kappa shape index (κ3) is 5.81. The minimum Gasteiger partial charge on any atom is -0.504 e. The molecule has 1 aromatic rings. The molecule has 1 saturated heterocycles. The molecule has 0 aliphatic carbocycles. The predicted molar refractivity (Wildman–Crippen MR) is 101 cm³/mol. The summed E-state index contributed by atoms with van der Waals surface area (Å²) in [4.78, 5) is 7.09. The molecule has 1 aliphatic heterocycles. The summed E-state index contributed by atoms with van der Waals surface area (Å²) in [6.07, 6.45) is 1.96. The zero-order valence-corrected chi connectivity index (χ0v) is 15.6. The summed E-state index contributed by atoms with van der Waals surface area (Å²) in [6, 6.07) is 5.45. The van der Waals surface area contributed by atoms with E-state index in [1.54, 1.807) is 13.2 Å². The monoisotopic (exact) mass is 349 g/mol. The van der Waals surface area contributed by atoms with E-state index in [0.717, 1.165) is 57.2 Å². The second-order valence-electron chi connectivity index (χ2n) is 6.25. The SMILES string of the molecule is CCNC(=NCCc1ccc(O)c(OC)c1)N1CCC(COCC)C1. The molecule has 140 valence electrons. The Hall–Kier alpha value is -1.95. The Kier molecular flexibility index (Phi) is 7.85. The van der Waals surface area contributed by atoms with E-state index in [9.17, 15) is 5.11 Å². The van der Waals surface area contributed by atoms with Crippen molar-refractivity contribution in [1.29, 1.82) is 0 Å². The number of ether oxygens (including phenoxy) is 2. The van der Waals surface area contributed by atoms with E-state index in [1.165, 1.54) is 0 Å². The lowest BCUT2D eigenvalue weighted by atomic mass is 10.1. The Morgan fingerprint density at radius 1 is 1.40 bits per heavy atom. The molecule has 1 unspecified atom stereocenters. The molecular formula is C19H31N3O3. The first-order valence-electron chi connectivity index (χ1n) is 9.14. The van der Waals surface area contributed by atoms with Crippen LogP contribution in [0.1, 0.15) is 25.8 Å². The molecule has 0 aromatic heterocycles. The molecule has 1 heterocycles. The number of nitrogens with one attached hydrogen (secondary N) is 1. The largest absolute Gasteiger partial charge is 0.504 e. The number of phenolic OH excluding ortho intramolecular Hbond substituents is 1. The maximum atomic E-state index is 9.67. The molecule has 2 rings (SSSR count). The van der Waals surface area contributed by atoms with E-state index in [4.69, 9.17) is 14.5 Å². The average Bonchev–Trinajstić information content (AvgIpc) is 3.09. The molecule has 0 radical (unpaired) electrons. The van der Waals surface area contributed by atoms with Crippen molar-refractivity contribution in [3.05, 3.63) is 23.8 Å². The third-order valence-corrected chi connectivity index (χ3v) is 4.38. The fourth-order valence-electron chi connectivity index (χ4n) is 3.04. The van der Waals surface area contributed by atoms with Crippen molar-refractivity contribution in [2.45, 2.75) is 26.7 Å². The van der Waals surface area contributed by atoms with Gasteiger partial charge in [-0.1, -0.05) is 6.07 Å². The van der Waals surface area contributed by atoms with Gasteiger partial charge < -0.3 is 24.8 Å². The summed E-state index contributed by atoms with van der Waals surface area (Å²) in [5, 5.41) is 13.1. The highest BCUT2D eigenvalue weighted by molar-refractivity contribution is 5.80. The fourth-order valence-corrected chi connectivity index (χ4v) is 3.04. The highest BCUT2D eigenvalue weighted by Crippen LogP contribution is 2.26. The van der Waals surface area contributed by atoms with Gasteiger partial charge in [0, 0.05) is 38.7 Å². The summed E-state index contributed by atoms with van der Waals surface area (Å²) in [6.45, 7) is 9.32. The van der Waals surface area contributed by atoms with E-state index in [0.29, 0.717) is 18.2 Å². The Morgan fingerprint density at radius 2 is 2.24 bits per heavy atom. The zero-order chi connectivity index (χ0) is 18.1. The second-order valence-corrected chi connectivity index (χ2v) is 6.25. The number of nitrogens with zero attached hydrogens (tertiary/aromatic N) is 2. The minimum absolute atomic E-state index is 0.167. The van der Waals surface area contributed by atoms with Gasteiger partial charge in [0.15, 0.2) is 17.5 Å². The van der Waals surface area contributed by atoms with Crippen LogP contribution >= 0.6 is 0 Å². The zero-order valence-electron chi connectivity index (χ0n) is 15.6. The number of benzene rings is 1. The number of aromatic hydroxyl groups is 1. The number of likely N-dealkylation sites (tertiary alicyclic amines) is 1. The van der Waals surface area contributed by atoms with E-state index in [1.807, 2.05) is 19.1 Å². The Morgan fingerprint density at radius 3 is 2.96 bits per heavy atom. The first-order valence-corrected chi connectivity index (χ1v) is 9.14. The van der Waals surface area contributed by atoms with E-state index in [2.05, 4.69) is 17.1 Å². The first-order chi connectivity index (χ1) is 12.2. The molecule has 1 aromatic carbocycles. The molecular weight excluding hydrogens is 318 g/mol. The van der Waals surface area contributed by atoms with Gasteiger partial charge in [0.1, 0.15) is 0 Å². The van der Waals surface area contributed by atoms with Crippen LogP contribution in [0.5, 0.6) is 11.5 Å². The van der Waals surface area contributed by atoms with Gasteiger partial charge in [-0.15, -0.1) is 0 Å². The number of aliphatic imine (C=N–C) groups is 1. The Labute approximate surface area is 150 Å². The second kappa shape index (κ2) is 10.1. The topological polar surface area (TPSA) is 66.3 Å². The Balaban J connectivity index is 1.91. The van der Waals surface area contributed by atoms with Gasteiger partial charge in [0.25, 0.3) is 0 Å². The molecule has 0 saturated carbocycles. The van der Waals surface area contributed by atoms with Gasteiger partial charge in [-0.3, -0.25) is 4.99 Å². The molecule has 1 fully saturated rings. The molecule has 2 N–H and O–H groups in total. The van der Waals surface area contributed by atoms with Crippen LogP contribution in [0.2, 0.25) is 0 Å². The van der Waals surface area contributed by atoms with Crippen LogP contribution in [0.15, 0.2) is 23.2 Å². The van der Waals surface area contributed by atoms with E-state index < -0.39 is 0 Å². The van der Waals surface area contributed by atoms with Gasteiger partial charge in [0.2, 0.25) is 0 Å². The fraction of sp³-hybridized carbons (Fsp3) is 0.632. The lowest BCUT2D eigenvalue weighted by Gasteiger charge is -2.21. The van der Waals surface area contributed by atoms with Crippen LogP contribution in [0.4, 0.5) is 0 Å². The lowest BCUT2D eigenvalue weighted by Crippen LogP contribution is -2.40. The van der Waals surface area contributed by atoms with Crippen molar-refractivity contribution in [2.75, 3.05) is 46.5 Å². The number of methoxy groups -OCH3 is 1. The van der Waals surface area contributed by atoms with Crippen molar-refractivity contribution in [1.82, 2.24) is 10.2 Å². The van der Waals surface area contributed by atoms with Gasteiger partial charge in [-0.2, -0.15) is 0 Å². The summed E-state index contributed by atoms with van der Waals surface area (Å²) in [7, 11) is 1.56. The van der Waals surface area contributed by atoms with E-state index >= 15 is 0 Å². The molecule has 6 heteroatoms. The molecule has 0 spiro atoms. The van der Waals surface area contributed by atoms with Crippen LogP contribution in [-0.2, 0) is 11.2 Å². The summed E-state index contributed by atoms with van der Waals surface area (Å²) in [5.74, 6) is 2.24. The van der Waals surface area contributed by atoms with Crippen molar-refractivity contribution < 1.29 is 14.6 Å². The minimum atomic E-state index is 0.167. The molecule has 1 atom stereocenters. The van der Waals surface area contributed by atoms with Crippen LogP contribution < -0.4 is 10.1 Å². The van der Waals surface area contributed by atoms with Gasteiger partial charge in [0.05, 0.1) is 13.7 Å². The quantitative estimate of drug-likeness (QED) is 0.557. The number of hydrogen-bond donors (Lipinski definition) is 2. The maximum absolute atomic E-state index is 9.67. The molecule has 0 bridgehead atoms. The van der Waals surface area contributed by atoms with Crippen molar-refractivity contribution >= 4 is 5.96 Å².